The lowest BCUT2D eigenvalue weighted by molar-refractivity contribution is -0.139. The smallest absolute Gasteiger partial charge is 0.416 e. The Kier molecular flexibility index (Phi) is 8.56. The molecule has 1 fully saturated rings. The van der Waals surface area contributed by atoms with Crippen molar-refractivity contribution in [2.45, 2.75) is 57.7 Å². The summed E-state index contributed by atoms with van der Waals surface area (Å²) >= 11 is 0. The highest BCUT2D eigenvalue weighted by molar-refractivity contribution is 5.78. The van der Waals surface area contributed by atoms with Crippen molar-refractivity contribution in [2.24, 2.45) is 5.92 Å². The Bertz CT molecular complexity index is 1230. The Labute approximate surface area is 221 Å². The van der Waals surface area contributed by atoms with Crippen molar-refractivity contribution in [3.63, 3.8) is 0 Å². The van der Waals surface area contributed by atoms with Crippen LogP contribution < -0.4 is 0 Å². The van der Waals surface area contributed by atoms with Gasteiger partial charge in [0.05, 0.1) is 17.5 Å². The summed E-state index contributed by atoms with van der Waals surface area (Å²) in [6.07, 6.45) is -1.32. The van der Waals surface area contributed by atoms with Crippen LogP contribution in [0.1, 0.15) is 73.7 Å². The van der Waals surface area contributed by atoms with Crippen LogP contribution in [-0.4, -0.2) is 29.1 Å². The predicted octanol–water partition coefficient (Wildman–Crippen LogP) is 8.30. The molecule has 1 heterocycles. The van der Waals surface area contributed by atoms with E-state index in [9.17, 15) is 27.5 Å². The summed E-state index contributed by atoms with van der Waals surface area (Å²) in [5.74, 6) is -1.41. The van der Waals surface area contributed by atoms with E-state index in [1.165, 1.54) is 24.3 Å². The van der Waals surface area contributed by atoms with Gasteiger partial charge in [0.2, 0.25) is 0 Å². The van der Waals surface area contributed by atoms with Crippen molar-refractivity contribution in [2.75, 3.05) is 13.1 Å². The zero-order chi connectivity index (χ0) is 27.4. The summed E-state index contributed by atoms with van der Waals surface area (Å²) < 4.78 is 53.8. The van der Waals surface area contributed by atoms with Gasteiger partial charge in [0.1, 0.15) is 5.82 Å². The van der Waals surface area contributed by atoms with Crippen LogP contribution in [0, 0.1) is 11.7 Å². The van der Waals surface area contributed by atoms with E-state index in [4.69, 9.17) is 0 Å². The number of likely N-dealkylation sites (tertiary alicyclic amines) is 1. The van der Waals surface area contributed by atoms with E-state index >= 15 is 0 Å². The molecule has 3 aromatic rings. The second-order valence-corrected chi connectivity index (χ2v) is 10.3. The van der Waals surface area contributed by atoms with Crippen molar-refractivity contribution < 1.29 is 27.5 Å². The molecular formula is C31H33F4NO2. The van der Waals surface area contributed by atoms with Crippen LogP contribution >= 0.6 is 0 Å². The van der Waals surface area contributed by atoms with E-state index in [0.29, 0.717) is 35.4 Å². The topological polar surface area (TPSA) is 40.5 Å². The molecule has 1 saturated heterocycles. The first kappa shape index (κ1) is 27.8. The first-order valence-corrected chi connectivity index (χ1v) is 13.1. The number of carboxylic acids is 1. The number of nitrogens with zero attached hydrogens (tertiary/aromatic N) is 1. The van der Waals surface area contributed by atoms with Crippen molar-refractivity contribution in [3.05, 3.63) is 94.8 Å². The average molecular weight is 528 g/mol. The summed E-state index contributed by atoms with van der Waals surface area (Å²) in [4.78, 5) is 14.4. The second kappa shape index (κ2) is 11.7. The maximum absolute atomic E-state index is 13.9. The Balaban J connectivity index is 1.90. The molecule has 0 saturated carbocycles. The molecule has 0 aromatic heterocycles. The third kappa shape index (κ3) is 6.26. The van der Waals surface area contributed by atoms with E-state index in [2.05, 4.69) is 11.8 Å². The Hall–Kier alpha value is -3.19. The molecule has 4 rings (SSSR count). The predicted molar refractivity (Wildman–Crippen MR) is 140 cm³/mol. The number of alkyl halides is 3. The molecule has 1 aliphatic heterocycles. The number of halogens is 4. The van der Waals surface area contributed by atoms with Crippen LogP contribution in [0.3, 0.4) is 0 Å². The Morgan fingerprint density at radius 1 is 0.974 bits per heavy atom. The number of rotatable bonds is 8. The highest BCUT2D eigenvalue weighted by atomic mass is 19.4. The number of hydrogen-bond acceptors (Lipinski definition) is 2. The molecule has 1 N–H and O–H groups in total. The van der Waals surface area contributed by atoms with Gasteiger partial charge in [-0.1, -0.05) is 56.7 Å². The van der Waals surface area contributed by atoms with Gasteiger partial charge in [0.25, 0.3) is 0 Å². The maximum atomic E-state index is 13.9. The lowest BCUT2D eigenvalue weighted by Gasteiger charge is -2.38. The molecule has 202 valence electrons. The number of benzene rings is 3. The van der Waals surface area contributed by atoms with Gasteiger partial charge in [-0.2, -0.15) is 13.2 Å². The maximum Gasteiger partial charge on any atom is 0.416 e. The molecule has 1 aliphatic rings. The first-order valence-electron chi connectivity index (χ1n) is 13.1. The van der Waals surface area contributed by atoms with Crippen molar-refractivity contribution in [3.8, 4) is 11.1 Å². The Morgan fingerprint density at radius 3 is 2.13 bits per heavy atom. The quantitative estimate of drug-likeness (QED) is 0.300. The second-order valence-electron chi connectivity index (χ2n) is 10.3. The lowest BCUT2D eigenvalue weighted by atomic mass is 9.84. The zero-order valence-electron chi connectivity index (χ0n) is 21.6. The molecule has 38 heavy (non-hydrogen) atoms. The summed E-state index contributed by atoms with van der Waals surface area (Å²) in [7, 11) is 0. The molecule has 0 bridgehead atoms. The molecular weight excluding hydrogens is 494 g/mol. The van der Waals surface area contributed by atoms with Crippen molar-refractivity contribution >= 4 is 5.97 Å². The number of hydrogen-bond donors (Lipinski definition) is 1. The van der Waals surface area contributed by atoms with Crippen LogP contribution in [0.15, 0.2) is 66.7 Å². The summed E-state index contributed by atoms with van der Waals surface area (Å²) in [6.45, 7) is 5.78. The van der Waals surface area contributed by atoms with E-state index in [1.54, 1.807) is 12.1 Å². The van der Waals surface area contributed by atoms with E-state index in [0.717, 1.165) is 49.2 Å². The molecule has 0 spiro atoms. The molecule has 3 aromatic carbocycles. The van der Waals surface area contributed by atoms with E-state index in [-0.39, 0.29) is 11.9 Å². The fourth-order valence-corrected chi connectivity index (χ4v) is 5.36. The van der Waals surface area contributed by atoms with Gasteiger partial charge >= 0.3 is 12.1 Å². The van der Waals surface area contributed by atoms with Gasteiger partial charge in [0.15, 0.2) is 0 Å². The third-order valence-electron chi connectivity index (χ3n) is 7.54. The zero-order valence-corrected chi connectivity index (χ0v) is 21.6. The summed E-state index contributed by atoms with van der Waals surface area (Å²) in [6, 6.07) is 16.6. The monoisotopic (exact) mass is 527 g/mol. The number of piperidine rings is 1. The fourth-order valence-electron chi connectivity index (χ4n) is 5.36. The Morgan fingerprint density at radius 2 is 1.58 bits per heavy atom. The van der Waals surface area contributed by atoms with Crippen molar-refractivity contribution in [1.82, 2.24) is 4.90 Å². The first-order chi connectivity index (χ1) is 18.1. The SMILES string of the molecule is CCCC(C(=O)O)c1ccc(C(c2ccc(F)cc2)N2CCC(C)CC2)c(-c2ccc(C(F)(F)F)cc2)c1. The van der Waals surface area contributed by atoms with E-state index in [1.807, 2.05) is 25.1 Å². The highest BCUT2D eigenvalue weighted by Crippen LogP contribution is 2.40. The minimum Gasteiger partial charge on any atom is -0.481 e. The van der Waals surface area contributed by atoms with Crippen LogP contribution in [0.5, 0.6) is 0 Å². The van der Waals surface area contributed by atoms with E-state index < -0.39 is 23.6 Å². The fraction of sp³-hybridized carbons (Fsp3) is 0.387. The molecule has 2 atom stereocenters. The molecule has 0 aliphatic carbocycles. The molecule has 7 heteroatoms. The van der Waals surface area contributed by atoms with Gasteiger partial charge in [0, 0.05) is 0 Å². The largest absolute Gasteiger partial charge is 0.481 e. The van der Waals surface area contributed by atoms with Gasteiger partial charge < -0.3 is 5.11 Å². The minimum absolute atomic E-state index is 0.260. The number of aliphatic carboxylic acids is 1. The summed E-state index contributed by atoms with van der Waals surface area (Å²) in [5, 5.41) is 9.89. The molecule has 0 radical (unpaired) electrons. The van der Waals surface area contributed by atoms with Gasteiger partial charge in [-0.15, -0.1) is 0 Å². The minimum atomic E-state index is -4.46. The normalized spacial score (nSPS) is 16.8. The van der Waals surface area contributed by atoms with Crippen molar-refractivity contribution in [1.29, 1.82) is 0 Å². The molecule has 0 amide bonds. The summed E-state index contributed by atoms with van der Waals surface area (Å²) in [5.41, 5.74) is 2.87. The highest BCUT2D eigenvalue weighted by Gasteiger charge is 2.32. The third-order valence-corrected chi connectivity index (χ3v) is 7.54. The van der Waals surface area contributed by atoms with Crippen LogP contribution in [0.25, 0.3) is 11.1 Å². The standard InChI is InChI=1S/C31H33F4NO2/c1-3-4-26(30(37)38)23-9-14-27(28(19-23)21-5-10-24(11-6-21)31(33,34)35)29(22-7-12-25(32)13-8-22)36-17-15-20(2)16-18-36/h5-14,19-20,26,29H,3-4,15-18H2,1-2H3,(H,37,38). The van der Waals surface area contributed by atoms with Gasteiger partial charge in [-0.25, -0.2) is 4.39 Å². The van der Waals surface area contributed by atoms with Gasteiger partial charge in [-0.05, 0) is 96.4 Å². The number of carboxylic acid groups (broad SMARTS) is 1. The van der Waals surface area contributed by atoms with Gasteiger partial charge in [-0.3, -0.25) is 9.69 Å². The average Bonchev–Trinajstić information content (AvgIpc) is 2.89. The number of carbonyl (C=O) groups is 1. The lowest BCUT2D eigenvalue weighted by Crippen LogP contribution is -2.37. The van der Waals surface area contributed by atoms with Crippen LogP contribution in [0.2, 0.25) is 0 Å². The molecule has 2 unspecified atom stereocenters. The van der Waals surface area contributed by atoms with Crippen LogP contribution in [0.4, 0.5) is 17.6 Å². The van der Waals surface area contributed by atoms with Crippen LogP contribution in [-0.2, 0) is 11.0 Å². The molecule has 3 nitrogen and oxygen atoms in total.